The number of benzene rings is 2. The van der Waals surface area contributed by atoms with Gasteiger partial charge in [0.25, 0.3) is 0 Å². The first-order chi connectivity index (χ1) is 13.6. The monoisotopic (exact) mass is 394 g/mol. The zero-order valence-electron chi connectivity index (χ0n) is 16.1. The lowest BCUT2D eigenvalue weighted by Gasteiger charge is -2.36. The molecule has 1 N–H and O–H groups in total. The standard InChI is InChI=1S/C21H23ClN6/c1-15-6-7-16(2)19(12-15)24-20-14-23-26-21(25-20)28-10-8-27(9-11-28)18-5-3-4-17(22)13-18/h3-7,12-14H,8-11H2,1-2H3,(H,24,25,26). The molecule has 0 amide bonds. The molecule has 0 unspecified atom stereocenters. The van der Waals surface area contributed by atoms with Crippen LogP contribution in [0.1, 0.15) is 11.1 Å². The van der Waals surface area contributed by atoms with Gasteiger partial charge in [-0.2, -0.15) is 10.1 Å². The van der Waals surface area contributed by atoms with E-state index in [0.717, 1.165) is 42.6 Å². The molecule has 1 aromatic heterocycles. The summed E-state index contributed by atoms with van der Waals surface area (Å²) in [7, 11) is 0. The van der Waals surface area contributed by atoms with Crippen LogP contribution in [-0.2, 0) is 0 Å². The van der Waals surface area contributed by atoms with Crippen molar-refractivity contribution in [2.24, 2.45) is 0 Å². The molecule has 0 saturated carbocycles. The molecule has 144 valence electrons. The van der Waals surface area contributed by atoms with E-state index in [0.29, 0.717) is 11.8 Å². The SMILES string of the molecule is Cc1ccc(C)c(Nc2cnnc(N3CCN(c4cccc(Cl)c4)CC3)n2)c1. The van der Waals surface area contributed by atoms with Crippen LogP contribution in [0, 0.1) is 13.8 Å². The van der Waals surface area contributed by atoms with Gasteiger partial charge < -0.3 is 15.1 Å². The Bertz CT molecular complexity index is 969. The molecule has 2 heterocycles. The van der Waals surface area contributed by atoms with E-state index in [4.69, 9.17) is 11.6 Å². The van der Waals surface area contributed by atoms with Crippen molar-refractivity contribution in [1.82, 2.24) is 15.2 Å². The van der Waals surface area contributed by atoms with E-state index < -0.39 is 0 Å². The van der Waals surface area contributed by atoms with Gasteiger partial charge in [-0.25, -0.2) is 0 Å². The van der Waals surface area contributed by atoms with Gasteiger partial charge in [0.1, 0.15) is 0 Å². The Kier molecular flexibility index (Phi) is 5.30. The van der Waals surface area contributed by atoms with Crippen molar-refractivity contribution in [3.63, 3.8) is 0 Å². The number of piperazine rings is 1. The predicted octanol–water partition coefficient (Wildman–Crippen LogP) is 4.21. The molecule has 0 atom stereocenters. The van der Waals surface area contributed by atoms with Gasteiger partial charge in [-0.05, 0) is 49.2 Å². The average Bonchev–Trinajstić information content (AvgIpc) is 2.71. The molecule has 1 fully saturated rings. The van der Waals surface area contributed by atoms with Gasteiger partial charge in [0.15, 0.2) is 5.82 Å². The van der Waals surface area contributed by atoms with E-state index in [-0.39, 0.29) is 0 Å². The summed E-state index contributed by atoms with van der Waals surface area (Å²) >= 11 is 6.12. The fourth-order valence-electron chi connectivity index (χ4n) is 3.33. The third kappa shape index (κ3) is 4.17. The van der Waals surface area contributed by atoms with Crippen molar-refractivity contribution in [3.05, 3.63) is 64.8 Å². The molecule has 1 aliphatic heterocycles. The maximum Gasteiger partial charge on any atom is 0.247 e. The molecule has 0 radical (unpaired) electrons. The first kappa shape index (κ1) is 18.5. The lowest BCUT2D eigenvalue weighted by Crippen LogP contribution is -2.47. The summed E-state index contributed by atoms with van der Waals surface area (Å²) in [6.07, 6.45) is 1.66. The average molecular weight is 395 g/mol. The van der Waals surface area contributed by atoms with Gasteiger partial charge in [0.2, 0.25) is 5.95 Å². The molecule has 28 heavy (non-hydrogen) atoms. The molecule has 1 aliphatic rings. The zero-order chi connectivity index (χ0) is 19.5. The van der Waals surface area contributed by atoms with Gasteiger partial charge in [-0.3, -0.25) is 0 Å². The Labute approximate surface area is 170 Å². The lowest BCUT2D eigenvalue weighted by molar-refractivity contribution is 0.635. The summed E-state index contributed by atoms with van der Waals surface area (Å²) in [6, 6.07) is 14.3. The van der Waals surface area contributed by atoms with Crippen LogP contribution in [-0.4, -0.2) is 41.4 Å². The maximum absolute atomic E-state index is 6.12. The molecule has 7 heteroatoms. The summed E-state index contributed by atoms with van der Waals surface area (Å²) in [6.45, 7) is 7.60. The number of hydrogen-bond donors (Lipinski definition) is 1. The highest BCUT2D eigenvalue weighted by Crippen LogP contribution is 2.23. The summed E-state index contributed by atoms with van der Waals surface area (Å²) in [5.41, 5.74) is 4.56. The predicted molar refractivity (Wildman–Crippen MR) is 115 cm³/mol. The highest BCUT2D eigenvalue weighted by atomic mass is 35.5. The minimum Gasteiger partial charge on any atom is -0.368 e. The van der Waals surface area contributed by atoms with E-state index in [1.54, 1.807) is 6.20 Å². The Morgan fingerprint density at radius 1 is 0.964 bits per heavy atom. The van der Waals surface area contributed by atoms with Gasteiger partial charge in [-0.15, -0.1) is 5.10 Å². The normalized spacial score (nSPS) is 14.2. The fourth-order valence-corrected chi connectivity index (χ4v) is 3.52. The molecule has 3 aromatic rings. The molecule has 4 rings (SSSR count). The van der Waals surface area contributed by atoms with Crippen molar-refractivity contribution in [3.8, 4) is 0 Å². The first-order valence-electron chi connectivity index (χ1n) is 9.38. The Morgan fingerprint density at radius 2 is 1.75 bits per heavy atom. The van der Waals surface area contributed by atoms with Crippen LogP contribution in [0.3, 0.4) is 0 Å². The molecule has 0 bridgehead atoms. The summed E-state index contributed by atoms with van der Waals surface area (Å²) < 4.78 is 0. The molecule has 1 saturated heterocycles. The summed E-state index contributed by atoms with van der Waals surface area (Å²) in [5, 5.41) is 12.5. The van der Waals surface area contributed by atoms with Gasteiger partial charge >= 0.3 is 0 Å². The summed E-state index contributed by atoms with van der Waals surface area (Å²) in [5.74, 6) is 1.36. The fraction of sp³-hybridized carbons (Fsp3) is 0.286. The maximum atomic E-state index is 6.12. The van der Waals surface area contributed by atoms with E-state index in [9.17, 15) is 0 Å². The minimum atomic E-state index is 0.654. The number of halogens is 1. The van der Waals surface area contributed by atoms with Crippen LogP contribution in [0.15, 0.2) is 48.7 Å². The highest BCUT2D eigenvalue weighted by Gasteiger charge is 2.20. The smallest absolute Gasteiger partial charge is 0.247 e. The topological polar surface area (TPSA) is 57.2 Å². The Hall–Kier alpha value is -2.86. The van der Waals surface area contributed by atoms with Crippen molar-refractivity contribution in [1.29, 1.82) is 0 Å². The van der Waals surface area contributed by atoms with Crippen molar-refractivity contribution in [2.45, 2.75) is 13.8 Å². The van der Waals surface area contributed by atoms with E-state index in [2.05, 4.69) is 68.4 Å². The Balaban J connectivity index is 1.44. The number of aryl methyl sites for hydroxylation is 2. The molecule has 0 spiro atoms. The van der Waals surface area contributed by atoms with Crippen LogP contribution in [0.2, 0.25) is 5.02 Å². The number of nitrogens with zero attached hydrogens (tertiary/aromatic N) is 5. The second-order valence-corrected chi connectivity index (χ2v) is 7.48. The third-order valence-electron chi connectivity index (χ3n) is 4.94. The van der Waals surface area contributed by atoms with Crippen molar-refractivity contribution < 1.29 is 0 Å². The third-order valence-corrected chi connectivity index (χ3v) is 5.17. The van der Waals surface area contributed by atoms with Crippen LogP contribution in [0.5, 0.6) is 0 Å². The molecular formula is C21H23ClN6. The van der Waals surface area contributed by atoms with Gasteiger partial charge in [0.05, 0.1) is 6.20 Å². The number of aromatic nitrogens is 3. The molecular weight excluding hydrogens is 372 g/mol. The number of anilines is 4. The zero-order valence-corrected chi connectivity index (χ0v) is 16.8. The summed E-state index contributed by atoms with van der Waals surface area (Å²) in [4.78, 5) is 9.17. The molecule has 0 aliphatic carbocycles. The Morgan fingerprint density at radius 3 is 2.54 bits per heavy atom. The number of nitrogens with one attached hydrogen (secondary N) is 1. The second-order valence-electron chi connectivity index (χ2n) is 7.04. The minimum absolute atomic E-state index is 0.654. The number of rotatable bonds is 4. The van der Waals surface area contributed by atoms with Gasteiger partial charge in [-0.1, -0.05) is 29.8 Å². The van der Waals surface area contributed by atoms with Gasteiger partial charge in [0, 0.05) is 42.6 Å². The molecule has 6 nitrogen and oxygen atoms in total. The van der Waals surface area contributed by atoms with E-state index >= 15 is 0 Å². The lowest BCUT2D eigenvalue weighted by atomic mass is 10.1. The largest absolute Gasteiger partial charge is 0.368 e. The van der Waals surface area contributed by atoms with E-state index in [1.807, 2.05) is 18.2 Å². The van der Waals surface area contributed by atoms with Crippen LogP contribution < -0.4 is 15.1 Å². The van der Waals surface area contributed by atoms with Crippen LogP contribution >= 0.6 is 11.6 Å². The highest BCUT2D eigenvalue weighted by molar-refractivity contribution is 6.30. The van der Waals surface area contributed by atoms with Crippen molar-refractivity contribution in [2.75, 3.05) is 41.3 Å². The van der Waals surface area contributed by atoms with E-state index in [1.165, 1.54) is 11.1 Å². The quantitative estimate of drug-likeness (QED) is 0.715. The van der Waals surface area contributed by atoms with Crippen molar-refractivity contribution >= 4 is 34.7 Å². The number of hydrogen-bond acceptors (Lipinski definition) is 6. The van der Waals surface area contributed by atoms with Crippen LogP contribution in [0.4, 0.5) is 23.1 Å². The second kappa shape index (κ2) is 8.02. The molecule has 2 aromatic carbocycles. The van der Waals surface area contributed by atoms with Crippen LogP contribution in [0.25, 0.3) is 0 Å². The first-order valence-corrected chi connectivity index (χ1v) is 9.76.